The van der Waals surface area contributed by atoms with Crippen molar-refractivity contribution in [2.75, 3.05) is 11.4 Å². The van der Waals surface area contributed by atoms with Crippen LogP contribution < -0.4 is 4.90 Å². The maximum absolute atomic E-state index is 9.81. The predicted octanol–water partition coefficient (Wildman–Crippen LogP) is 3.05. The predicted molar refractivity (Wildman–Crippen MR) is 84.9 cm³/mol. The molecule has 1 fully saturated rings. The number of aliphatic hydroxyl groups is 1. The van der Waals surface area contributed by atoms with E-state index in [1.54, 1.807) is 0 Å². The monoisotopic (exact) mass is 285 g/mol. The number of rotatable bonds is 3. The van der Waals surface area contributed by atoms with Crippen molar-refractivity contribution in [3.8, 4) is 5.69 Å². The molecular weight excluding hydrogens is 262 g/mol. The number of anilines is 1. The Kier molecular flexibility index (Phi) is 3.49. The quantitative estimate of drug-likeness (QED) is 0.942. The van der Waals surface area contributed by atoms with Crippen LogP contribution in [0.4, 0.5) is 5.82 Å². The molecule has 0 radical (unpaired) electrons. The van der Waals surface area contributed by atoms with Gasteiger partial charge in [0.2, 0.25) is 0 Å². The Morgan fingerprint density at radius 3 is 2.52 bits per heavy atom. The zero-order chi connectivity index (χ0) is 15.0. The molecular formula is C17H23N3O. The number of nitrogens with zero attached hydrogens (tertiary/aromatic N) is 3. The Balaban J connectivity index is 2.18. The molecule has 0 spiro atoms. The fourth-order valence-corrected chi connectivity index (χ4v) is 3.26. The SMILES string of the molecule is Cc1nn(-c2ccccc2)c(N2CCCC2(C)C)c1CO. The summed E-state index contributed by atoms with van der Waals surface area (Å²) in [5, 5.41) is 14.5. The molecule has 1 aromatic heterocycles. The van der Waals surface area contributed by atoms with E-state index in [-0.39, 0.29) is 12.1 Å². The molecule has 1 aliphatic rings. The van der Waals surface area contributed by atoms with Crippen molar-refractivity contribution in [2.45, 2.75) is 45.8 Å². The lowest BCUT2D eigenvalue weighted by Gasteiger charge is -2.34. The number of benzene rings is 1. The van der Waals surface area contributed by atoms with Gasteiger partial charge in [-0.05, 0) is 45.7 Å². The van der Waals surface area contributed by atoms with E-state index in [1.165, 1.54) is 6.42 Å². The molecule has 1 saturated heterocycles. The molecule has 0 atom stereocenters. The van der Waals surface area contributed by atoms with Crippen LogP contribution in [0.25, 0.3) is 5.69 Å². The van der Waals surface area contributed by atoms with Crippen LogP contribution in [0.5, 0.6) is 0 Å². The van der Waals surface area contributed by atoms with Gasteiger partial charge in [0.25, 0.3) is 0 Å². The van der Waals surface area contributed by atoms with Gasteiger partial charge in [0.05, 0.1) is 18.0 Å². The number of hydrogen-bond acceptors (Lipinski definition) is 3. The number of hydrogen-bond donors (Lipinski definition) is 1. The number of aliphatic hydroxyl groups excluding tert-OH is 1. The van der Waals surface area contributed by atoms with E-state index in [0.29, 0.717) is 0 Å². The third-order valence-electron chi connectivity index (χ3n) is 4.47. The molecule has 2 heterocycles. The smallest absolute Gasteiger partial charge is 0.138 e. The van der Waals surface area contributed by atoms with Gasteiger partial charge in [-0.15, -0.1) is 0 Å². The highest BCUT2D eigenvalue weighted by atomic mass is 16.3. The molecule has 112 valence electrons. The van der Waals surface area contributed by atoms with Gasteiger partial charge in [-0.2, -0.15) is 5.10 Å². The maximum atomic E-state index is 9.81. The molecule has 0 bridgehead atoms. The minimum absolute atomic E-state index is 0.0284. The van der Waals surface area contributed by atoms with Crippen molar-refractivity contribution in [3.63, 3.8) is 0 Å². The van der Waals surface area contributed by atoms with Crippen molar-refractivity contribution < 1.29 is 5.11 Å². The first kappa shape index (κ1) is 14.1. The minimum Gasteiger partial charge on any atom is -0.391 e. The molecule has 0 saturated carbocycles. The lowest BCUT2D eigenvalue weighted by molar-refractivity contribution is 0.281. The minimum atomic E-state index is 0.0284. The maximum Gasteiger partial charge on any atom is 0.138 e. The Morgan fingerprint density at radius 1 is 1.24 bits per heavy atom. The number of para-hydroxylation sites is 1. The van der Waals surface area contributed by atoms with E-state index >= 15 is 0 Å². The van der Waals surface area contributed by atoms with Gasteiger partial charge in [-0.3, -0.25) is 0 Å². The molecule has 21 heavy (non-hydrogen) atoms. The van der Waals surface area contributed by atoms with Crippen LogP contribution in [0, 0.1) is 6.92 Å². The summed E-state index contributed by atoms with van der Waals surface area (Å²) in [4.78, 5) is 2.39. The summed E-state index contributed by atoms with van der Waals surface area (Å²) in [7, 11) is 0. The average molecular weight is 285 g/mol. The van der Waals surface area contributed by atoms with Crippen LogP contribution in [0.15, 0.2) is 30.3 Å². The first-order valence-corrected chi connectivity index (χ1v) is 7.57. The highest BCUT2D eigenvalue weighted by Crippen LogP contribution is 2.37. The van der Waals surface area contributed by atoms with Crippen LogP contribution >= 0.6 is 0 Å². The van der Waals surface area contributed by atoms with Crippen LogP contribution in [-0.4, -0.2) is 27.0 Å². The first-order chi connectivity index (χ1) is 10.0. The molecule has 0 aliphatic carbocycles. The van der Waals surface area contributed by atoms with E-state index in [4.69, 9.17) is 0 Å². The Hall–Kier alpha value is -1.81. The molecule has 1 aromatic carbocycles. The molecule has 0 unspecified atom stereocenters. The van der Waals surface area contributed by atoms with Crippen molar-refractivity contribution in [1.29, 1.82) is 0 Å². The van der Waals surface area contributed by atoms with Crippen molar-refractivity contribution in [3.05, 3.63) is 41.6 Å². The standard InChI is InChI=1S/C17H23N3O/c1-13-15(12-21)16(19-11-7-10-17(19,2)3)20(18-13)14-8-5-4-6-9-14/h4-6,8-9,21H,7,10-12H2,1-3H3. The summed E-state index contributed by atoms with van der Waals surface area (Å²) < 4.78 is 1.98. The van der Waals surface area contributed by atoms with Gasteiger partial charge >= 0.3 is 0 Å². The molecule has 3 rings (SSSR count). The summed E-state index contributed by atoms with van der Waals surface area (Å²) in [5.41, 5.74) is 2.98. The fraction of sp³-hybridized carbons (Fsp3) is 0.471. The summed E-state index contributed by atoms with van der Waals surface area (Å²) in [6.07, 6.45) is 2.34. The van der Waals surface area contributed by atoms with E-state index in [0.717, 1.165) is 35.7 Å². The van der Waals surface area contributed by atoms with Crippen LogP contribution in [0.3, 0.4) is 0 Å². The zero-order valence-corrected chi connectivity index (χ0v) is 13.0. The lowest BCUT2D eigenvalue weighted by atomic mass is 10.0. The summed E-state index contributed by atoms with van der Waals surface area (Å²) in [6.45, 7) is 7.54. The first-order valence-electron chi connectivity index (χ1n) is 7.57. The van der Waals surface area contributed by atoms with Gasteiger partial charge in [0, 0.05) is 17.6 Å². The van der Waals surface area contributed by atoms with Crippen LogP contribution in [0.2, 0.25) is 0 Å². The molecule has 2 aromatic rings. The third-order valence-corrected chi connectivity index (χ3v) is 4.47. The summed E-state index contributed by atoms with van der Waals surface area (Å²) in [5.74, 6) is 1.05. The van der Waals surface area contributed by atoms with E-state index in [1.807, 2.05) is 29.8 Å². The lowest BCUT2D eigenvalue weighted by Crippen LogP contribution is -2.40. The Morgan fingerprint density at radius 2 is 1.95 bits per heavy atom. The topological polar surface area (TPSA) is 41.3 Å². The molecule has 0 amide bonds. The highest BCUT2D eigenvalue weighted by Gasteiger charge is 2.36. The van der Waals surface area contributed by atoms with Gasteiger partial charge in [-0.1, -0.05) is 18.2 Å². The second-order valence-corrected chi connectivity index (χ2v) is 6.36. The second-order valence-electron chi connectivity index (χ2n) is 6.36. The van der Waals surface area contributed by atoms with Crippen molar-refractivity contribution in [2.24, 2.45) is 0 Å². The Labute approximate surface area is 126 Å². The summed E-state index contributed by atoms with van der Waals surface area (Å²) in [6, 6.07) is 10.2. The average Bonchev–Trinajstić information content (AvgIpc) is 2.98. The third kappa shape index (κ3) is 2.33. The molecule has 4 heteroatoms. The number of aromatic nitrogens is 2. The van der Waals surface area contributed by atoms with E-state index in [2.05, 4.69) is 36.0 Å². The van der Waals surface area contributed by atoms with Gasteiger partial charge in [-0.25, -0.2) is 4.68 Å². The fourth-order valence-electron chi connectivity index (χ4n) is 3.26. The zero-order valence-electron chi connectivity index (χ0n) is 13.0. The van der Waals surface area contributed by atoms with Crippen molar-refractivity contribution >= 4 is 5.82 Å². The van der Waals surface area contributed by atoms with Gasteiger partial charge in [0.1, 0.15) is 5.82 Å². The molecule has 1 aliphatic heterocycles. The molecule has 1 N–H and O–H groups in total. The van der Waals surface area contributed by atoms with E-state index < -0.39 is 0 Å². The Bertz CT molecular complexity index is 631. The molecule has 4 nitrogen and oxygen atoms in total. The van der Waals surface area contributed by atoms with Gasteiger partial charge in [0.15, 0.2) is 0 Å². The number of aryl methyl sites for hydroxylation is 1. The highest BCUT2D eigenvalue weighted by molar-refractivity contribution is 5.57. The second kappa shape index (κ2) is 5.19. The van der Waals surface area contributed by atoms with Crippen LogP contribution in [-0.2, 0) is 6.61 Å². The van der Waals surface area contributed by atoms with Crippen LogP contribution in [0.1, 0.15) is 37.9 Å². The van der Waals surface area contributed by atoms with Gasteiger partial charge < -0.3 is 10.0 Å². The van der Waals surface area contributed by atoms with Crippen molar-refractivity contribution in [1.82, 2.24) is 9.78 Å². The largest absolute Gasteiger partial charge is 0.391 e. The summed E-state index contributed by atoms with van der Waals surface area (Å²) >= 11 is 0. The normalized spacial score (nSPS) is 17.4. The van der Waals surface area contributed by atoms with E-state index in [9.17, 15) is 5.11 Å².